The summed E-state index contributed by atoms with van der Waals surface area (Å²) in [6.45, 7) is 5.77. The van der Waals surface area contributed by atoms with E-state index in [1.165, 1.54) is 0 Å². The molecule has 0 bridgehead atoms. The average Bonchev–Trinajstić information content (AvgIpc) is 2.47. The maximum absolute atomic E-state index is 12.3. The number of nitrogens with one attached hydrogen (secondary N) is 1. The van der Waals surface area contributed by atoms with Crippen molar-refractivity contribution in [2.75, 3.05) is 31.6 Å². The molecule has 0 radical (unpaired) electrons. The van der Waals surface area contributed by atoms with Gasteiger partial charge in [0.05, 0.1) is 19.3 Å². The Kier molecular flexibility index (Phi) is 5.16. The Balaban J connectivity index is 1.98. The molecule has 6 heteroatoms. The Morgan fingerprint density at radius 2 is 2.10 bits per heavy atom. The Morgan fingerprint density at radius 3 is 2.71 bits per heavy atom. The fourth-order valence-electron chi connectivity index (χ4n) is 2.17. The van der Waals surface area contributed by atoms with Crippen LogP contribution in [0.15, 0.2) is 24.3 Å². The smallest absolute Gasteiger partial charge is 0.411 e. The van der Waals surface area contributed by atoms with Crippen molar-refractivity contribution in [3.05, 3.63) is 29.8 Å². The molecule has 1 unspecified atom stereocenters. The first kappa shape index (κ1) is 15.3. The van der Waals surface area contributed by atoms with Gasteiger partial charge in [-0.2, -0.15) is 0 Å². The van der Waals surface area contributed by atoms with E-state index in [9.17, 15) is 9.59 Å². The van der Waals surface area contributed by atoms with Gasteiger partial charge in [-0.1, -0.05) is 0 Å². The van der Waals surface area contributed by atoms with Crippen LogP contribution in [0.1, 0.15) is 24.2 Å². The zero-order valence-corrected chi connectivity index (χ0v) is 12.3. The number of carbonyl (C=O) groups is 2. The molecule has 1 aliphatic rings. The molecule has 0 aromatic heterocycles. The van der Waals surface area contributed by atoms with E-state index in [0.717, 1.165) is 0 Å². The van der Waals surface area contributed by atoms with Gasteiger partial charge in [-0.25, -0.2) is 4.79 Å². The highest BCUT2D eigenvalue weighted by molar-refractivity contribution is 5.95. The lowest BCUT2D eigenvalue weighted by Crippen LogP contribution is -2.44. The van der Waals surface area contributed by atoms with Crippen molar-refractivity contribution in [3.63, 3.8) is 0 Å². The summed E-state index contributed by atoms with van der Waals surface area (Å²) >= 11 is 0. The van der Waals surface area contributed by atoms with Gasteiger partial charge in [-0.15, -0.1) is 0 Å². The van der Waals surface area contributed by atoms with Gasteiger partial charge in [0.1, 0.15) is 0 Å². The molecule has 0 saturated carbocycles. The predicted octanol–water partition coefficient (Wildman–Crippen LogP) is 2.12. The van der Waals surface area contributed by atoms with Gasteiger partial charge in [0, 0.05) is 24.3 Å². The molecule has 2 rings (SSSR count). The van der Waals surface area contributed by atoms with E-state index in [4.69, 9.17) is 9.47 Å². The number of carbonyl (C=O) groups excluding carboxylic acids is 2. The summed E-state index contributed by atoms with van der Waals surface area (Å²) in [5, 5.41) is 2.59. The van der Waals surface area contributed by atoms with Crippen LogP contribution < -0.4 is 5.32 Å². The van der Waals surface area contributed by atoms with E-state index in [1.807, 2.05) is 6.92 Å². The second-order valence-electron chi connectivity index (χ2n) is 4.86. The summed E-state index contributed by atoms with van der Waals surface area (Å²) in [6.07, 6.45) is -0.439. The molecule has 6 nitrogen and oxygen atoms in total. The van der Waals surface area contributed by atoms with Crippen LogP contribution in [-0.2, 0) is 9.47 Å². The summed E-state index contributed by atoms with van der Waals surface area (Å²) in [6, 6.07) is 6.77. The molecule has 1 aromatic carbocycles. The molecule has 0 spiro atoms. The van der Waals surface area contributed by atoms with Crippen LogP contribution in [0.25, 0.3) is 0 Å². The quantitative estimate of drug-likeness (QED) is 0.926. The number of ether oxygens (including phenoxy) is 2. The third-order valence-corrected chi connectivity index (χ3v) is 3.18. The predicted molar refractivity (Wildman–Crippen MR) is 78.4 cm³/mol. The Bertz CT molecular complexity index is 501. The van der Waals surface area contributed by atoms with Crippen molar-refractivity contribution in [2.24, 2.45) is 0 Å². The van der Waals surface area contributed by atoms with Crippen LogP contribution in [0.4, 0.5) is 10.5 Å². The number of nitrogens with zero attached hydrogens (tertiary/aromatic N) is 1. The van der Waals surface area contributed by atoms with Gasteiger partial charge >= 0.3 is 6.09 Å². The minimum atomic E-state index is -0.501. The van der Waals surface area contributed by atoms with Crippen LogP contribution in [0.5, 0.6) is 0 Å². The highest BCUT2D eigenvalue weighted by atomic mass is 16.5. The van der Waals surface area contributed by atoms with E-state index >= 15 is 0 Å². The number of anilines is 1. The fraction of sp³-hybridized carbons (Fsp3) is 0.467. The number of morpholine rings is 1. The molecule has 21 heavy (non-hydrogen) atoms. The lowest BCUT2D eigenvalue weighted by molar-refractivity contribution is -0.0124. The Labute approximate surface area is 124 Å². The molecule has 1 aromatic rings. The van der Waals surface area contributed by atoms with Crippen molar-refractivity contribution < 1.29 is 19.1 Å². The summed E-state index contributed by atoms with van der Waals surface area (Å²) in [5.74, 6) is -0.0205. The van der Waals surface area contributed by atoms with Crippen LogP contribution in [0, 0.1) is 0 Å². The van der Waals surface area contributed by atoms with Gasteiger partial charge in [-0.3, -0.25) is 10.1 Å². The number of hydrogen-bond acceptors (Lipinski definition) is 4. The molecule has 1 heterocycles. The van der Waals surface area contributed by atoms with E-state index in [0.29, 0.717) is 37.6 Å². The van der Waals surface area contributed by atoms with Crippen LogP contribution in [0.2, 0.25) is 0 Å². The fourth-order valence-corrected chi connectivity index (χ4v) is 2.17. The van der Waals surface area contributed by atoms with Crippen LogP contribution >= 0.6 is 0 Å². The minimum absolute atomic E-state index is 0.0205. The lowest BCUT2D eigenvalue weighted by atomic mass is 10.1. The molecular formula is C15H20N2O4. The molecule has 2 amide bonds. The maximum Gasteiger partial charge on any atom is 0.411 e. The first-order chi connectivity index (χ1) is 10.1. The number of amides is 2. The van der Waals surface area contributed by atoms with E-state index in [-0.39, 0.29) is 12.0 Å². The normalized spacial score (nSPS) is 18.2. The highest BCUT2D eigenvalue weighted by Crippen LogP contribution is 2.14. The monoisotopic (exact) mass is 292 g/mol. The number of rotatable bonds is 3. The molecule has 114 valence electrons. The second-order valence-corrected chi connectivity index (χ2v) is 4.86. The zero-order valence-electron chi connectivity index (χ0n) is 12.3. The van der Waals surface area contributed by atoms with Crippen molar-refractivity contribution >= 4 is 17.7 Å². The van der Waals surface area contributed by atoms with E-state index in [2.05, 4.69) is 5.32 Å². The largest absolute Gasteiger partial charge is 0.450 e. The number of hydrogen-bond donors (Lipinski definition) is 1. The summed E-state index contributed by atoms with van der Waals surface area (Å²) in [5.41, 5.74) is 1.19. The molecule has 1 N–H and O–H groups in total. The van der Waals surface area contributed by atoms with E-state index in [1.54, 1.807) is 36.1 Å². The molecular weight excluding hydrogens is 272 g/mol. The summed E-state index contributed by atoms with van der Waals surface area (Å²) in [4.78, 5) is 25.4. The van der Waals surface area contributed by atoms with Crippen molar-refractivity contribution in [3.8, 4) is 0 Å². The maximum atomic E-state index is 12.3. The van der Waals surface area contributed by atoms with Crippen molar-refractivity contribution in [2.45, 2.75) is 20.0 Å². The van der Waals surface area contributed by atoms with Crippen molar-refractivity contribution in [1.82, 2.24) is 4.90 Å². The summed E-state index contributed by atoms with van der Waals surface area (Å²) < 4.78 is 10.2. The lowest BCUT2D eigenvalue weighted by Gasteiger charge is -2.31. The number of benzene rings is 1. The first-order valence-corrected chi connectivity index (χ1v) is 7.05. The standard InChI is InChI=1S/C15H20N2O4/c1-3-20-15(19)16-13-6-4-12(5-7-13)14(18)17-8-9-21-11(2)10-17/h4-7,11H,3,8-10H2,1-2H3,(H,16,19). The molecule has 0 aliphatic carbocycles. The average molecular weight is 292 g/mol. The molecule has 1 atom stereocenters. The van der Waals surface area contributed by atoms with Crippen molar-refractivity contribution in [1.29, 1.82) is 0 Å². The molecule has 1 fully saturated rings. The highest BCUT2D eigenvalue weighted by Gasteiger charge is 2.22. The summed E-state index contributed by atoms with van der Waals surface area (Å²) in [7, 11) is 0. The molecule has 1 aliphatic heterocycles. The SMILES string of the molecule is CCOC(=O)Nc1ccc(C(=O)N2CCOC(C)C2)cc1. The Hall–Kier alpha value is -2.08. The zero-order chi connectivity index (χ0) is 15.2. The third kappa shape index (κ3) is 4.19. The minimum Gasteiger partial charge on any atom is -0.450 e. The van der Waals surface area contributed by atoms with Gasteiger partial charge in [0.15, 0.2) is 0 Å². The van der Waals surface area contributed by atoms with Crippen LogP contribution in [-0.4, -0.2) is 49.3 Å². The Morgan fingerprint density at radius 1 is 1.38 bits per heavy atom. The van der Waals surface area contributed by atoms with Gasteiger partial charge in [0.2, 0.25) is 0 Å². The first-order valence-electron chi connectivity index (χ1n) is 7.05. The topological polar surface area (TPSA) is 67.9 Å². The van der Waals surface area contributed by atoms with Crippen LogP contribution in [0.3, 0.4) is 0 Å². The van der Waals surface area contributed by atoms with E-state index < -0.39 is 6.09 Å². The second kappa shape index (κ2) is 7.08. The van der Waals surface area contributed by atoms with Gasteiger partial charge in [-0.05, 0) is 38.1 Å². The third-order valence-electron chi connectivity index (χ3n) is 3.18. The molecule has 1 saturated heterocycles. The van der Waals surface area contributed by atoms with Gasteiger partial charge in [0.25, 0.3) is 5.91 Å². The van der Waals surface area contributed by atoms with Gasteiger partial charge < -0.3 is 14.4 Å².